The Bertz CT molecular complexity index is 1090. The quantitative estimate of drug-likeness (QED) is 0.188. The van der Waals surface area contributed by atoms with E-state index in [9.17, 15) is 9.90 Å². The molecule has 0 saturated heterocycles. The van der Waals surface area contributed by atoms with Crippen molar-refractivity contribution in [1.82, 2.24) is 0 Å². The van der Waals surface area contributed by atoms with Crippen molar-refractivity contribution in [2.75, 3.05) is 6.61 Å². The number of hydrogen-bond donors (Lipinski definition) is 1. The maximum absolute atomic E-state index is 11.5. The maximum Gasteiger partial charge on any atom is 0.306 e. The number of aliphatic carboxylic acids is 1. The van der Waals surface area contributed by atoms with Crippen molar-refractivity contribution >= 4 is 5.97 Å². The van der Waals surface area contributed by atoms with Gasteiger partial charge in [-0.1, -0.05) is 124 Å². The molecule has 3 aromatic rings. The molecule has 1 aliphatic rings. The molecule has 200 valence electrons. The molecule has 1 N–H and O–H groups in total. The van der Waals surface area contributed by atoms with E-state index >= 15 is 0 Å². The Hall–Kier alpha value is -3.21. The lowest BCUT2D eigenvalue weighted by atomic mass is 9.79. The van der Waals surface area contributed by atoms with Gasteiger partial charge in [0.1, 0.15) is 5.60 Å². The predicted molar refractivity (Wildman–Crippen MR) is 152 cm³/mol. The van der Waals surface area contributed by atoms with E-state index < -0.39 is 17.2 Å². The van der Waals surface area contributed by atoms with Crippen LogP contribution in [0.5, 0.6) is 0 Å². The second-order valence-electron chi connectivity index (χ2n) is 10.3. The molecule has 1 unspecified atom stereocenters. The fourth-order valence-electron chi connectivity index (χ4n) is 5.74. The molecule has 1 heterocycles. The third kappa shape index (κ3) is 5.92. The predicted octanol–water partition coefficient (Wildman–Crippen LogP) is 7.77. The van der Waals surface area contributed by atoms with Crippen LogP contribution in [0.1, 0.15) is 69.6 Å². The first-order valence-corrected chi connectivity index (χ1v) is 13.9. The van der Waals surface area contributed by atoms with Crippen LogP contribution in [0.4, 0.5) is 0 Å². The van der Waals surface area contributed by atoms with Crippen LogP contribution >= 0.6 is 0 Å². The molecule has 0 saturated carbocycles. The summed E-state index contributed by atoms with van der Waals surface area (Å²) in [5.74, 6) is -0.599. The van der Waals surface area contributed by atoms with E-state index in [-0.39, 0.29) is 18.4 Å². The standard InChI is InChI=1S/C34H40O4/c1-4-26(23-33(6-3)24-27(5-2)31(38-33)22-32(35)36)25-37-34(28-16-10-7-11-17-28,29-18-12-8-13-19-29)30-20-14-9-15-21-30/h7-21,24,26,31H,4-6,22-23,25H2,1-3H3,(H,35,36)/t26-,31?,33-/m1/s1. The van der Waals surface area contributed by atoms with Crippen LogP contribution in [0.15, 0.2) is 103 Å². The van der Waals surface area contributed by atoms with Gasteiger partial charge in [0.2, 0.25) is 0 Å². The van der Waals surface area contributed by atoms with Gasteiger partial charge in [0.15, 0.2) is 0 Å². The topological polar surface area (TPSA) is 55.8 Å². The summed E-state index contributed by atoms with van der Waals surface area (Å²) in [4.78, 5) is 11.5. The van der Waals surface area contributed by atoms with Crippen LogP contribution in [-0.2, 0) is 19.9 Å². The summed E-state index contributed by atoms with van der Waals surface area (Å²) in [6, 6.07) is 31.3. The van der Waals surface area contributed by atoms with Crippen molar-refractivity contribution < 1.29 is 19.4 Å². The summed E-state index contributed by atoms with van der Waals surface area (Å²) >= 11 is 0. The zero-order valence-electron chi connectivity index (χ0n) is 22.8. The largest absolute Gasteiger partial charge is 0.481 e. The van der Waals surface area contributed by atoms with Crippen molar-refractivity contribution in [3.8, 4) is 0 Å². The zero-order valence-corrected chi connectivity index (χ0v) is 22.8. The highest BCUT2D eigenvalue weighted by molar-refractivity contribution is 5.68. The lowest BCUT2D eigenvalue weighted by Gasteiger charge is -2.38. The number of carboxylic acids is 1. The molecule has 0 spiro atoms. The summed E-state index contributed by atoms with van der Waals surface area (Å²) in [6.45, 7) is 6.94. The van der Waals surface area contributed by atoms with Gasteiger partial charge in [-0.25, -0.2) is 0 Å². The van der Waals surface area contributed by atoms with Gasteiger partial charge < -0.3 is 14.6 Å². The van der Waals surface area contributed by atoms with Gasteiger partial charge in [0.05, 0.1) is 24.7 Å². The van der Waals surface area contributed by atoms with E-state index in [1.807, 2.05) is 18.2 Å². The van der Waals surface area contributed by atoms with Gasteiger partial charge in [0, 0.05) is 0 Å². The maximum atomic E-state index is 11.5. The molecule has 0 fully saturated rings. The second kappa shape index (κ2) is 12.6. The van der Waals surface area contributed by atoms with Crippen molar-refractivity contribution in [3.05, 3.63) is 119 Å². The number of carbonyl (C=O) groups is 1. The van der Waals surface area contributed by atoms with Crippen molar-refractivity contribution in [3.63, 3.8) is 0 Å². The number of carboxylic acid groups (broad SMARTS) is 1. The van der Waals surface area contributed by atoms with E-state index in [1.165, 1.54) is 0 Å². The monoisotopic (exact) mass is 512 g/mol. The summed E-state index contributed by atoms with van der Waals surface area (Å²) in [5, 5.41) is 9.43. The summed E-state index contributed by atoms with van der Waals surface area (Å²) in [5.41, 5.74) is 3.13. The normalized spacial score (nSPS) is 20.2. The average Bonchev–Trinajstić information content (AvgIpc) is 3.31. The Balaban J connectivity index is 1.67. The van der Waals surface area contributed by atoms with Gasteiger partial charge in [0.25, 0.3) is 0 Å². The van der Waals surface area contributed by atoms with E-state index in [4.69, 9.17) is 9.47 Å². The smallest absolute Gasteiger partial charge is 0.306 e. The van der Waals surface area contributed by atoms with E-state index in [0.717, 1.165) is 47.9 Å². The summed E-state index contributed by atoms with van der Waals surface area (Å²) in [6.07, 6.45) is 5.17. The van der Waals surface area contributed by atoms with Crippen LogP contribution in [0.3, 0.4) is 0 Å². The molecule has 3 aromatic carbocycles. The summed E-state index contributed by atoms with van der Waals surface area (Å²) in [7, 11) is 0. The van der Waals surface area contributed by atoms with Crippen LogP contribution in [0.2, 0.25) is 0 Å². The van der Waals surface area contributed by atoms with E-state index in [0.29, 0.717) is 6.61 Å². The van der Waals surface area contributed by atoms with Gasteiger partial charge in [-0.05, 0) is 47.4 Å². The van der Waals surface area contributed by atoms with Crippen molar-refractivity contribution in [1.29, 1.82) is 0 Å². The first kappa shape index (κ1) is 27.8. The number of rotatable bonds is 13. The molecule has 4 nitrogen and oxygen atoms in total. The van der Waals surface area contributed by atoms with Crippen molar-refractivity contribution in [2.24, 2.45) is 5.92 Å². The fourth-order valence-corrected chi connectivity index (χ4v) is 5.74. The van der Waals surface area contributed by atoms with Gasteiger partial charge in [-0.15, -0.1) is 0 Å². The second-order valence-corrected chi connectivity index (χ2v) is 10.3. The highest BCUT2D eigenvalue weighted by Crippen LogP contribution is 2.43. The van der Waals surface area contributed by atoms with Crippen LogP contribution in [0.25, 0.3) is 0 Å². The van der Waals surface area contributed by atoms with E-state index in [1.54, 1.807) is 0 Å². The third-order valence-corrected chi connectivity index (χ3v) is 7.89. The Morgan fingerprint density at radius 3 is 1.79 bits per heavy atom. The molecule has 38 heavy (non-hydrogen) atoms. The molecule has 3 atom stereocenters. The highest BCUT2D eigenvalue weighted by atomic mass is 16.5. The SMILES string of the molecule is CCC1=C[C@@](CC)(C[C@@H](CC)COC(c2ccccc2)(c2ccccc2)c2ccccc2)OC1CC(=O)O. The Labute approximate surface area is 227 Å². The molecule has 0 amide bonds. The first-order chi connectivity index (χ1) is 18.5. The molecule has 0 bridgehead atoms. The highest BCUT2D eigenvalue weighted by Gasteiger charge is 2.42. The minimum Gasteiger partial charge on any atom is -0.481 e. The van der Waals surface area contributed by atoms with Crippen LogP contribution in [-0.4, -0.2) is 29.4 Å². The first-order valence-electron chi connectivity index (χ1n) is 13.9. The zero-order chi connectivity index (χ0) is 27.0. The molecular weight excluding hydrogens is 472 g/mol. The van der Waals surface area contributed by atoms with Gasteiger partial charge in [-0.2, -0.15) is 0 Å². The molecule has 0 aliphatic carbocycles. The number of benzene rings is 3. The molecular formula is C34H40O4. The van der Waals surface area contributed by atoms with Gasteiger partial charge in [-0.3, -0.25) is 4.79 Å². The third-order valence-electron chi connectivity index (χ3n) is 7.89. The summed E-state index contributed by atoms with van der Waals surface area (Å²) < 4.78 is 13.6. The Morgan fingerprint density at radius 2 is 1.39 bits per heavy atom. The van der Waals surface area contributed by atoms with Crippen LogP contribution < -0.4 is 0 Å². The molecule has 4 heteroatoms. The minimum absolute atomic E-state index is 0.00779. The Kier molecular flexibility index (Phi) is 9.19. The lowest BCUT2D eigenvalue weighted by Crippen LogP contribution is -2.37. The molecule has 1 aliphatic heterocycles. The van der Waals surface area contributed by atoms with E-state index in [2.05, 4.69) is 99.6 Å². The number of ether oxygens (including phenoxy) is 2. The lowest BCUT2D eigenvalue weighted by molar-refractivity contribution is -0.141. The minimum atomic E-state index is -0.824. The average molecular weight is 513 g/mol. The molecule has 0 aromatic heterocycles. The van der Waals surface area contributed by atoms with Crippen molar-refractivity contribution in [2.45, 2.75) is 70.2 Å². The molecule has 0 radical (unpaired) electrons. The molecule has 4 rings (SSSR count). The van der Waals surface area contributed by atoms with Crippen LogP contribution in [0, 0.1) is 5.92 Å². The Morgan fingerprint density at radius 1 is 0.895 bits per heavy atom. The number of hydrogen-bond acceptors (Lipinski definition) is 3. The fraction of sp³-hybridized carbons (Fsp3) is 0.382. The van der Waals surface area contributed by atoms with Gasteiger partial charge >= 0.3 is 5.97 Å².